The molecule has 18 heavy (non-hydrogen) atoms. The summed E-state index contributed by atoms with van der Waals surface area (Å²) in [5.41, 5.74) is 7.72. The zero-order valence-electron chi connectivity index (χ0n) is 10.2. The number of nitrogens with two attached hydrogens (primary N) is 1. The molecule has 1 heterocycles. The van der Waals surface area contributed by atoms with E-state index in [0.29, 0.717) is 13.1 Å². The Morgan fingerprint density at radius 1 is 1.39 bits per heavy atom. The number of nitrogens with zero attached hydrogens (tertiary/aromatic N) is 1. The largest absolute Gasteiger partial charge is 0.392 e. The lowest BCUT2D eigenvalue weighted by molar-refractivity contribution is 0.390. The Kier molecular flexibility index (Phi) is 3.70. The lowest BCUT2D eigenvalue weighted by atomic mass is 10.0. The van der Waals surface area contributed by atoms with Gasteiger partial charge in [-0.2, -0.15) is 4.31 Å². The third-order valence-corrected chi connectivity index (χ3v) is 5.98. The quantitative estimate of drug-likeness (QED) is 0.843. The Morgan fingerprint density at radius 3 is 2.61 bits per heavy atom. The van der Waals surface area contributed by atoms with Crippen molar-refractivity contribution in [2.24, 2.45) is 5.73 Å². The lowest BCUT2D eigenvalue weighted by Gasteiger charge is -2.30. The Hall–Kier alpha value is -0.980. The van der Waals surface area contributed by atoms with Crippen LogP contribution in [0.2, 0.25) is 0 Å². The number of fused-ring (bicyclic) bond motifs is 1. The number of hydrogen-bond donors (Lipinski definition) is 1. The second-order valence-electron chi connectivity index (χ2n) is 4.44. The standard InChI is InChI=1S/C12H16N2O2S2/c1-9(12(13)17)18(15,16)14-7-6-10-4-2-3-5-11(10)8-14/h2-5,9H,6-8H2,1H3,(H2,13,17). The lowest BCUT2D eigenvalue weighted by Crippen LogP contribution is -2.45. The molecule has 0 bridgehead atoms. The van der Waals surface area contributed by atoms with E-state index in [1.54, 1.807) is 0 Å². The first kappa shape index (κ1) is 13.5. The number of rotatable bonds is 3. The minimum atomic E-state index is -3.44. The van der Waals surface area contributed by atoms with Crippen LogP contribution in [0, 0.1) is 0 Å². The summed E-state index contributed by atoms with van der Waals surface area (Å²) < 4.78 is 26.1. The molecular formula is C12H16N2O2S2. The Balaban J connectivity index is 2.26. The maximum absolute atomic E-state index is 12.3. The van der Waals surface area contributed by atoms with Gasteiger partial charge in [-0.1, -0.05) is 36.5 Å². The molecule has 98 valence electrons. The topological polar surface area (TPSA) is 63.4 Å². The highest BCUT2D eigenvalue weighted by atomic mass is 32.2. The van der Waals surface area contributed by atoms with Gasteiger partial charge in [-0.25, -0.2) is 8.42 Å². The van der Waals surface area contributed by atoms with Crippen molar-refractivity contribution in [2.45, 2.75) is 25.1 Å². The van der Waals surface area contributed by atoms with Gasteiger partial charge in [0.15, 0.2) is 0 Å². The zero-order valence-corrected chi connectivity index (χ0v) is 11.8. The van der Waals surface area contributed by atoms with Crippen LogP contribution in [0.5, 0.6) is 0 Å². The summed E-state index contributed by atoms with van der Waals surface area (Å²) in [6.07, 6.45) is 0.736. The Morgan fingerprint density at radius 2 is 2.00 bits per heavy atom. The highest BCUT2D eigenvalue weighted by Crippen LogP contribution is 2.22. The molecule has 4 nitrogen and oxygen atoms in total. The molecular weight excluding hydrogens is 268 g/mol. The van der Waals surface area contributed by atoms with Gasteiger partial charge >= 0.3 is 0 Å². The fourth-order valence-corrected chi connectivity index (χ4v) is 3.83. The van der Waals surface area contributed by atoms with Crippen molar-refractivity contribution in [3.05, 3.63) is 35.4 Å². The van der Waals surface area contributed by atoms with Crippen LogP contribution in [0.25, 0.3) is 0 Å². The number of thiocarbonyl (C=S) groups is 1. The fourth-order valence-electron chi connectivity index (χ4n) is 2.06. The van der Waals surface area contributed by atoms with Gasteiger partial charge in [0.05, 0.1) is 4.99 Å². The maximum atomic E-state index is 12.3. The van der Waals surface area contributed by atoms with Crippen LogP contribution in [-0.4, -0.2) is 29.5 Å². The molecule has 0 aromatic heterocycles. The molecule has 1 aromatic carbocycles. The molecule has 0 saturated heterocycles. The molecule has 0 fully saturated rings. The predicted octanol–water partition coefficient (Wildman–Crippen LogP) is 1.05. The smallest absolute Gasteiger partial charge is 0.223 e. The van der Waals surface area contributed by atoms with Crippen LogP contribution < -0.4 is 5.73 Å². The van der Waals surface area contributed by atoms with Gasteiger partial charge in [-0.3, -0.25) is 0 Å². The van der Waals surface area contributed by atoms with E-state index in [1.165, 1.54) is 16.8 Å². The molecule has 1 atom stereocenters. The molecule has 2 N–H and O–H groups in total. The first-order valence-electron chi connectivity index (χ1n) is 5.78. The van der Waals surface area contributed by atoms with Crippen molar-refractivity contribution >= 4 is 27.2 Å². The van der Waals surface area contributed by atoms with Crippen molar-refractivity contribution < 1.29 is 8.42 Å². The summed E-state index contributed by atoms with van der Waals surface area (Å²) in [5, 5.41) is -0.808. The molecule has 1 aliphatic rings. The van der Waals surface area contributed by atoms with Crippen LogP contribution >= 0.6 is 12.2 Å². The second-order valence-corrected chi connectivity index (χ2v) is 7.17. The maximum Gasteiger partial charge on any atom is 0.223 e. The summed E-state index contributed by atoms with van der Waals surface area (Å²) in [5.74, 6) is 0. The molecule has 0 radical (unpaired) electrons. The molecule has 0 amide bonds. The van der Waals surface area contributed by atoms with Crippen LogP contribution in [-0.2, 0) is 23.0 Å². The summed E-state index contributed by atoms with van der Waals surface area (Å²) >= 11 is 4.79. The molecule has 1 aromatic rings. The summed E-state index contributed by atoms with van der Waals surface area (Å²) in [6.45, 7) is 2.44. The van der Waals surface area contributed by atoms with Crippen LogP contribution in [0.3, 0.4) is 0 Å². The molecule has 1 unspecified atom stereocenters. The van der Waals surface area contributed by atoms with E-state index in [4.69, 9.17) is 18.0 Å². The van der Waals surface area contributed by atoms with Gasteiger partial charge < -0.3 is 5.73 Å². The van der Waals surface area contributed by atoms with Gasteiger partial charge in [0, 0.05) is 13.1 Å². The van der Waals surface area contributed by atoms with E-state index in [-0.39, 0.29) is 4.99 Å². The normalized spacial score (nSPS) is 18.1. The van der Waals surface area contributed by atoms with E-state index < -0.39 is 15.3 Å². The first-order valence-corrected chi connectivity index (χ1v) is 7.69. The van der Waals surface area contributed by atoms with E-state index >= 15 is 0 Å². The fraction of sp³-hybridized carbons (Fsp3) is 0.417. The number of benzene rings is 1. The highest BCUT2D eigenvalue weighted by Gasteiger charge is 2.32. The Bertz CT molecular complexity index is 569. The van der Waals surface area contributed by atoms with Gasteiger partial charge in [-0.05, 0) is 24.5 Å². The molecule has 6 heteroatoms. The minimum absolute atomic E-state index is 0.0221. The monoisotopic (exact) mass is 284 g/mol. The predicted molar refractivity (Wildman–Crippen MR) is 75.7 cm³/mol. The summed E-state index contributed by atoms with van der Waals surface area (Å²) in [6, 6.07) is 7.89. The van der Waals surface area contributed by atoms with Crippen molar-refractivity contribution in [2.75, 3.05) is 6.54 Å². The third-order valence-electron chi connectivity index (χ3n) is 3.30. The third kappa shape index (κ3) is 2.41. The Labute approximate surface area is 113 Å². The molecule has 2 rings (SSSR count). The molecule has 0 saturated carbocycles. The minimum Gasteiger partial charge on any atom is -0.392 e. The SMILES string of the molecule is CC(C(N)=S)S(=O)(=O)N1CCc2ccccc2C1. The van der Waals surface area contributed by atoms with Gasteiger partial charge in [0.1, 0.15) is 5.25 Å². The average Bonchev–Trinajstić information content (AvgIpc) is 2.37. The number of hydrogen-bond acceptors (Lipinski definition) is 3. The van der Waals surface area contributed by atoms with Crippen LogP contribution in [0.1, 0.15) is 18.1 Å². The van der Waals surface area contributed by atoms with Crippen LogP contribution in [0.4, 0.5) is 0 Å². The van der Waals surface area contributed by atoms with E-state index in [9.17, 15) is 8.42 Å². The molecule has 0 spiro atoms. The van der Waals surface area contributed by atoms with Gasteiger partial charge in [-0.15, -0.1) is 0 Å². The van der Waals surface area contributed by atoms with Crippen molar-refractivity contribution in [3.63, 3.8) is 0 Å². The van der Waals surface area contributed by atoms with Gasteiger partial charge in [0.25, 0.3) is 0 Å². The zero-order chi connectivity index (χ0) is 13.3. The van der Waals surface area contributed by atoms with E-state index in [1.807, 2.05) is 24.3 Å². The highest BCUT2D eigenvalue weighted by molar-refractivity contribution is 7.92. The second kappa shape index (κ2) is 4.95. The summed E-state index contributed by atoms with van der Waals surface area (Å²) in [7, 11) is -3.44. The number of sulfonamides is 1. The average molecular weight is 284 g/mol. The summed E-state index contributed by atoms with van der Waals surface area (Å²) in [4.78, 5) is 0.0221. The molecule has 0 aliphatic carbocycles. The van der Waals surface area contributed by atoms with Crippen molar-refractivity contribution in [1.82, 2.24) is 4.31 Å². The van der Waals surface area contributed by atoms with Crippen LogP contribution in [0.15, 0.2) is 24.3 Å². The van der Waals surface area contributed by atoms with Crippen molar-refractivity contribution in [3.8, 4) is 0 Å². The van der Waals surface area contributed by atoms with Crippen molar-refractivity contribution in [1.29, 1.82) is 0 Å². The molecule has 1 aliphatic heterocycles. The van der Waals surface area contributed by atoms with Gasteiger partial charge in [0.2, 0.25) is 10.0 Å². The van der Waals surface area contributed by atoms with E-state index in [0.717, 1.165) is 12.0 Å². The first-order chi connectivity index (χ1) is 8.43. The van der Waals surface area contributed by atoms with E-state index in [2.05, 4.69) is 0 Å².